The normalized spacial score (nSPS) is 39.2. The van der Waals surface area contributed by atoms with Gasteiger partial charge in [-0.15, -0.1) is 5.10 Å². The maximum Gasteiger partial charge on any atom is 0.309 e. The number of esters is 1. The van der Waals surface area contributed by atoms with Gasteiger partial charge in [-0.25, -0.2) is 21.8 Å². The van der Waals surface area contributed by atoms with Crippen molar-refractivity contribution in [2.24, 2.45) is 23.7 Å². The Hall–Kier alpha value is -2.81. The molecule has 3 aliphatic heterocycles. The summed E-state index contributed by atoms with van der Waals surface area (Å²) >= 11 is 0. The first-order valence-electron chi connectivity index (χ1n) is 26.5. The Labute approximate surface area is 445 Å². The number of cyclic esters (lactones) is 1. The summed E-state index contributed by atoms with van der Waals surface area (Å²) in [5.74, 6) is -3.34. The number of aliphatic hydroxyl groups excluding tert-OH is 3. The van der Waals surface area contributed by atoms with Crippen LogP contribution >= 0.6 is 0 Å². The molecule has 5 N–H and O–H groups in total. The second kappa shape index (κ2) is 25.5. The summed E-state index contributed by atoms with van der Waals surface area (Å²) in [6.07, 6.45) is -6.80. The van der Waals surface area contributed by atoms with E-state index < -0.39 is 137 Å². The Morgan fingerprint density at radius 2 is 1.60 bits per heavy atom. The molecule has 0 saturated carbocycles. The molecule has 2 aromatic rings. The lowest BCUT2D eigenvalue weighted by atomic mass is 9.68. The van der Waals surface area contributed by atoms with Crippen LogP contribution in [0.5, 0.6) is 0 Å². The number of sulfonamides is 1. The van der Waals surface area contributed by atoms with Crippen LogP contribution in [0.4, 0.5) is 4.39 Å². The van der Waals surface area contributed by atoms with Gasteiger partial charge in [-0.1, -0.05) is 45.0 Å². The van der Waals surface area contributed by atoms with Crippen LogP contribution < -0.4 is 0 Å². The van der Waals surface area contributed by atoms with Crippen molar-refractivity contribution in [3.8, 4) is 0 Å². The summed E-state index contributed by atoms with van der Waals surface area (Å²) in [5, 5.41) is 68.8. The van der Waals surface area contributed by atoms with E-state index in [-0.39, 0.29) is 30.1 Å². The fourth-order valence-electron chi connectivity index (χ4n) is 12.1. The summed E-state index contributed by atoms with van der Waals surface area (Å²) in [6, 6.07) is 4.08. The topological polar surface area (TPSA) is 248 Å². The van der Waals surface area contributed by atoms with Crippen molar-refractivity contribution in [1.29, 1.82) is 0 Å². The number of likely N-dealkylation sites (N-methyl/N-ethyl adjacent to an activating group) is 2. The number of hydrogen-bond acceptors (Lipinski definition) is 18. The molecular weight excluding hydrogens is 996 g/mol. The number of halogens is 1. The molecule has 1 aromatic carbocycles. The highest BCUT2D eigenvalue weighted by Crippen LogP contribution is 2.45. The highest BCUT2D eigenvalue weighted by Gasteiger charge is 2.55. The van der Waals surface area contributed by atoms with Crippen molar-refractivity contribution in [3.05, 3.63) is 41.7 Å². The van der Waals surface area contributed by atoms with Crippen LogP contribution in [0.2, 0.25) is 0 Å². The molecule has 0 spiro atoms. The molecule has 3 aliphatic rings. The number of hydrogen-bond donors (Lipinski definition) is 5. The van der Waals surface area contributed by atoms with Crippen LogP contribution in [-0.4, -0.2) is 215 Å². The standard InChI is InChI=1S/C53H91FN6O14S/c1-17-42-53(10,66)46(62)34(6)59(14)28-30(2)25-51(8,65)48(32(4)43(33(5)49(64)73-42)41-26-52(9,70-16)47(63)35(7)72-41)74-50-44(61)39(24-31(3)71-50)58(13)23-22-37-29-60(56-55-37)40(27-54)45(69-15)36-18-20-38(21-19-36)75(67,68)57(11)12/h18-21,29-35,39-48,50,61-63,65-66H,17,22-28H2,1-16H3/t30-,31-,32+,33-,34-,35+,39+,40-,41-,42-,43?,44-,45-,46-,47+,48-,50+,51-,52-,53-/m1/s1. The maximum absolute atomic E-state index is 14.9. The highest BCUT2D eigenvalue weighted by molar-refractivity contribution is 7.89. The predicted octanol–water partition coefficient (Wildman–Crippen LogP) is 3.53. The minimum Gasteiger partial charge on any atom is -0.459 e. The first-order chi connectivity index (χ1) is 34.9. The molecule has 75 heavy (non-hydrogen) atoms. The minimum absolute atomic E-state index is 0.0901. The van der Waals surface area contributed by atoms with E-state index >= 15 is 0 Å². The van der Waals surface area contributed by atoms with Gasteiger partial charge in [0.1, 0.15) is 48.8 Å². The number of benzene rings is 1. The van der Waals surface area contributed by atoms with E-state index in [9.17, 15) is 43.1 Å². The number of alkyl halides is 1. The Kier molecular flexibility index (Phi) is 21.5. The summed E-state index contributed by atoms with van der Waals surface area (Å²) in [7, 11) is 5.86. The molecule has 0 bridgehead atoms. The molecule has 0 radical (unpaired) electrons. The molecule has 3 saturated heterocycles. The zero-order valence-electron chi connectivity index (χ0n) is 47.2. The minimum atomic E-state index is -3.68. The Morgan fingerprint density at radius 1 is 0.960 bits per heavy atom. The number of aliphatic hydroxyl groups is 5. The van der Waals surface area contributed by atoms with Gasteiger partial charge in [0, 0.05) is 78.4 Å². The van der Waals surface area contributed by atoms with Crippen molar-refractivity contribution in [1.82, 2.24) is 29.1 Å². The summed E-state index contributed by atoms with van der Waals surface area (Å²) in [5.41, 5.74) is -3.46. The Balaban J connectivity index is 1.44. The molecular formula is C53H91FN6O14S. The van der Waals surface area contributed by atoms with Crippen molar-refractivity contribution in [3.63, 3.8) is 0 Å². The van der Waals surface area contributed by atoms with Crippen molar-refractivity contribution < 1.29 is 71.6 Å². The Bertz CT molecular complexity index is 2240. The van der Waals surface area contributed by atoms with E-state index in [1.54, 1.807) is 59.9 Å². The van der Waals surface area contributed by atoms with Crippen LogP contribution in [0.15, 0.2) is 35.4 Å². The second-order valence-corrected chi connectivity index (χ2v) is 25.1. The SMILES string of the molecule is CC[C@H]1OC(=O)[C@H](C)C([C@H]2C[C@@](C)(OC)[C@@H](O)[C@H](C)O2)[C@H](C)[C@@H](O[C@@H]2O[C@H](C)C[C@H](N(C)CCc3cn([C@H](CF)[C@H](OC)c4ccc(S(=O)(=O)N(C)C)cc4)nn3)[C@H]2O)[C@](C)(O)C[C@@H](C)CN(C)[C@H](C)[C@@H](O)[C@]1(C)O. The monoisotopic (exact) mass is 1090 g/mol. The number of carbonyl (C=O) groups is 1. The first kappa shape index (κ1) is 63.0. The van der Waals surface area contributed by atoms with Gasteiger partial charge in [0.2, 0.25) is 10.0 Å². The molecule has 430 valence electrons. The number of nitrogens with zero attached hydrogens (tertiary/aromatic N) is 6. The van der Waals surface area contributed by atoms with Crippen molar-refractivity contribution >= 4 is 16.0 Å². The number of methoxy groups -OCH3 is 2. The number of carbonyl (C=O) groups excluding carboxylic acids is 1. The van der Waals surface area contributed by atoms with Gasteiger partial charge in [-0.2, -0.15) is 0 Å². The lowest BCUT2D eigenvalue weighted by Gasteiger charge is -2.51. The van der Waals surface area contributed by atoms with E-state index in [0.29, 0.717) is 37.2 Å². The lowest BCUT2D eigenvalue weighted by Crippen LogP contribution is -2.62. The van der Waals surface area contributed by atoms with Crippen LogP contribution in [0.3, 0.4) is 0 Å². The fraction of sp³-hybridized carbons (Fsp3) is 0.830. The summed E-state index contributed by atoms with van der Waals surface area (Å²) < 4.78 is 80.6. The third kappa shape index (κ3) is 14.0. The van der Waals surface area contributed by atoms with E-state index in [2.05, 4.69) is 10.3 Å². The molecule has 20 nitrogen and oxygen atoms in total. The zero-order chi connectivity index (χ0) is 56.3. The van der Waals surface area contributed by atoms with Crippen LogP contribution in [0.25, 0.3) is 0 Å². The molecule has 4 heterocycles. The molecule has 22 heteroatoms. The van der Waals surface area contributed by atoms with Crippen LogP contribution in [0, 0.1) is 23.7 Å². The smallest absolute Gasteiger partial charge is 0.309 e. The molecule has 20 atom stereocenters. The van der Waals surface area contributed by atoms with Gasteiger partial charge >= 0.3 is 5.97 Å². The lowest BCUT2D eigenvalue weighted by molar-refractivity contribution is -0.302. The molecule has 5 rings (SSSR count). The number of rotatable bonds is 16. The quantitative estimate of drug-likeness (QED) is 0.151. The average molecular weight is 1090 g/mol. The molecule has 1 unspecified atom stereocenters. The molecule has 3 fully saturated rings. The van der Waals surface area contributed by atoms with Gasteiger partial charge in [0.25, 0.3) is 0 Å². The predicted molar refractivity (Wildman–Crippen MR) is 278 cm³/mol. The second-order valence-electron chi connectivity index (χ2n) is 22.9. The molecule has 1 aromatic heterocycles. The van der Waals surface area contributed by atoms with E-state index in [0.717, 1.165) is 4.31 Å². The summed E-state index contributed by atoms with van der Waals surface area (Å²) in [6.45, 7) is 17.6. The molecule has 0 aliphatic carbocycles. The zero-order valence-corrected chi connectivity index (χ0v) is 48.1. The summed E-state index contributed by atoms with van der Waals surface area (Å²) in [4.78, 5) is 18.6. The van der Waals surface area contributed by atoms with E-state index in [1.165, 1.54) is 52.1 Å². The maximum atomic E-state index is 14.9. The average Bonchev–Trinajstić information content (AvgIpc) is 3.82. The fourth-order valence-corrected chi connectivity index (χ4v) is 13.0. The van der Waals surface area contributed by atoms with E-state index in [1.807, 2.05) is 44.7 Å². The van der Waals surface area contributed by atoms with Gasteiger partial charge in [-0.3, -0.25) is 4.79 Å². The van der Waals surface area contributed by atoms with Gasteiger partial charge in [-0.05, 0) is 104 Å². The third-order valence-corrected chi connectivity index (χ3v) is 18.7. The van der Waals surface area contributed by atoms with Gasteiger partial charge < -0.3 is 63.8 Å². The molecule has 0 amide bonds. The van der Waals surface area contributed by atoms with E-state index in [4.69, 9.17) is 28.4 Å². The number of aromatic nitrogens is 3. The largest absolute Gasteiger partial charge is 0.459 e. The first-order valence-corrected chi connectivity index (χ1v) is 28.0. The Morgan fingerprint density at radius 3 is 2.17 bits per heavy atom. The van der Waals surface area contributed by atoms with Crippen LogP contribution in [0.1, 0.15) is 118 Å². The third-order valence-electron chi connectivity index (χ3n) is 16.8. The van der Waals surface area contributed by atoms with Gasteiger partial charge in [0.05, 0.1) is 52.1 Å². The van der Waals surface area contributed by atoms with Gasteiger partial charge in [0.15, 0.2) is 6.29 Å². The number of ether oxygens (including phenoxy) is 6. The van der Waals surface area contributed by atoms with Crippen molar-refractivity contribution in [2.45, 2.75) is 202 Å². The van der Waals surface area contributed by atoms with Crippen LogP contribution in [-0.2, 0) is 49.7 Å². The van der Waals surface area contributed by atoms with Crippen molar-refractivity contribution in [2.75, 3.05) is 62.2 Å². The highest BCUT2D eigenvalue weighted by atomic mass is 32.2.